The van der Waals surface area contributed by atoms with Gasteiger partial charge in [0.05, 0.1) is 3.20 Å². The number of rotatable bonds is 0. The van der Waals surface area contributed by atoms with Crippen molar-refractivity contribution >= 4 is 46.5 Å². The summed E-state index contributed by atoms with van der Waals surface area (Å²) in [6.07, 6.45) is 3.27. The van der Waals surface area contributed by atoms with E-state index in [0.717, 1.165) is 18.1 Å². The summed E-state index contributed by atoms with van der Waals surface area (Å²) in [7, 11) is 5.98. The molecule has 0 spiro atoms. The second kappa shape index (κ2) is 3.20. The summed E-state index contributed by atoms with van der Waals surface area (Å²) in [5, 5.41) is 1.09. The Morgan fingerprint density at radius 1 is 1.22 bits per heavy atom. The Morgan fingerprint density at radius 3 is 2.22 bits per heavy atom. The van der Waals surface area contributed by atoms with Crippen LogP contribution in [-0.2, 0) is 0 Å². The van der Waals surface area contributed by atoms with E-state index in [4.69, 9.17) is 33.3 Å². The Hall–Kier alpha value is 1.40. The van der Waals surface area contributed by atoms with E-state index in [1.807, 2.05) is 0 Å². The lowest BCUT2D eigenvalue weighted by Crippen LogP contribution is -2.33. The Kier molecular flexibility index (Phi) is 3.02. The van der Waals surface area contributed by atoms with Gasteiger partial charge in [0.25, 0.3) is 0 Å². The largest absolute Gasteiger partial charge is 0.445 e. The average Bonchev–Trinajstić information content (AvgIpc) is 1.77. The predicted octanol–water partition coefficient (Wildman–Crippen LogP) is 3.11. The van der Waals surface area contributed by atoms with Gasteiger partial charge < -0.3 is 0 Å². The molecule has 0 nitrogen and oxygen atoms in total. The maximum atomic E-state index is 5.98. The first kappa shape index (κ1) is 8.50. The van der Waals surface area contributed by atoms with Crippen LogP contribution in [0.2, 0.25) is 5.28 Å². The fraction of sp³-hybridized carbons (Fsp3) is 1.00. The van der Waals surface area contributed by atoms with Gasteiger partial charge in [-0.05, 0) is 6.42 Å². The Balaban J connectivity index is 2.49. The van der Waals surface area contributed by atoms with Crippen LogP contribution in [0.3, 0.4) is 0 Å². The Morgan fingerprint density at radius 2 is 1.89 bits per heavy atom. The Labute approximate surface area is 74.1 Å². The second-order valence-electron chi connectivity index (χ2n) is 2.47. The molecule has 0 radical (unpaired) electrons. The van der Waals surface area contributed by atoms with Gasteiger partial charge in [-0.3, -0.25) is 10.0 Å². The molecule has 1 fully saturated rings. The van der Waals surface area contributed by atoms with Crippen molar-refractivity contribution in [3.63, 3.8) is 0 Å². The lowest BCUT2D eigenvalue weighted by molar-refractivity contribution is 0.688. The highest BCUT2D eigenvalue weighted by molar-refractivity contribution is 7.15. The lowest BCUT2D eigenvalue weighted by Gasteiger charge is -2.25. The first-order chi connectivity index (χ1) is 4.13. The summed E-state index contributed by atoms with van der Waals surface area (Å²) in [6.45, 7) is 0. The van der Waals surface area contributed by atoms with Gasteiger partial charge >= 0.3 is 13.2 Å². The minimum Gasteiger partial charge on any atom is -0.257 e. The zero-order valence-corrected chi connectivity index (χ0v) is 8.46. The monoisotopic (exact) mass is 200 g/mol. The maximum absolute atomic E-state index is 5.98. The third kappa shape index (κ3) is 2.17. The predicted molar refractivity (Wildman–Crippen MR) is 44.7 cm³/mol. The van der Waals surface area contributed by atoms with Crippen LogP contribution in [0, 0.1) is 0 Å². The highest BCUT2D eigenvalue weighted by atomic mass is 35.6. The molecule has 9 heavy (non-hydrogen) atoms. The first-order valence-electron chi connectivity index (χ1n) is 3.15. The molecule has 1 rings (SSSR count). The van der Waals surface area contributed by atoms with Crippen LogP contribution in [0.1, 0.15) is 19.3 Å². The minimum absolute atomic E-state index is 0.514. The van der Waals surface area contributed by atoms with Crippen LogP contribution < -0.4 is 0 Å². The van der Waals surface area contributed by atoms with E-state index in [1.165, 1.54) is 6.42 Å². The molecular weight excluding hydrogens is 193 g/mol. The molecule has 1 aliphatic heterocycles. The summed E-state index contributed by atoms with van der Waals surface area (Å²) in [5.74, 6) is 0. The SMILES string of the molecule is [Cl][Al]1[CH2]CCC[C]1(Cl)Cl. The molecule has 0 bridgehead atoms. The maximum Gasteiger partial charge on any atom is 0.445 e. The van der Waals surface area contributed by atoms with E-state index >= 15 is 0 Å². The highest BCUT2D eigenvalue weighted by Gasteiger charge is 2.41. The van der Waals surface area contributed by atoms with E-state index in [9.17, 15) is 0 Å². The normalized spacial score (nSPS) is 26.3. The molecule has 0 aromatic heterocycles. The topological polar surface area (TPSA) is 0 Å². The van der Waals surface area contributed by atoms with Crippen molar-refractivity contribution in [2.75, 3.05) is 0 Å². The minimum atomic E-state index is -1.30. The lowest BCUT2D eigenvalue weighted by atomic mass is 10.3. The fourth-order valence-corrected chi connectivity index (χ4v) is 4.35. The van der Waals surface area contributed by atoms with Crippen molar-refractivity contribution in [2.24, 2.45) is 0 Å². The van der Waals surface area contributed by atoms with Crippen molar-refractivity contribution in [3.8, 4) is 0 Å². The molecule has 1 aliphatic rings. The quantitative estimate of drug-likeness (QED) is 0.417. The smallest absolute Gasteiger partial charge is 0.257 e. The van der Waals surface area contributed by atoms with Gasteiger partial charge in [0.15, 0.2) is 0 Å². The zero-order chi connectivity index (χ0) is 6.91. The van der Waals surface area contributed by atoms with Crippen LogP contribution in [0.4, 0.5) is 0 Å². The molecule has 0 aromatic carbocycles. The molecule has 0 unspecified atom stereocenters. The molecule has 4 heteroatoms. The van der Waals surface area contributed by atoms with Gasteiger partial charge in [0.2, 0.25) is 0 Å². The van der Waals surface area contributed by atoms with Crippen molar-refractivity contribution in [2.45, 2.75) is 27.7 Å². The molecule has 0 N–H and O–H groups in total. The highest BCUT2D eigenvalue weighted by Crippen LogP contribution is 2.38. The molecule has 0 aromatic rings. The van der Waals surface area contributed by atoms with Crippen LogP contribution in [0.15, 0.2) is 0 Å². The van der Waals surface area contributed by atoms with E-state index in [2.05, 4.69) is 0 Å². The summed E-state index contributed by atoms with van der Waals surface area (Å²) in [5.41, 5.74) is 0. The van der Waals surface area contributed by atoms with Crippen LogP contribution in [0.25, 0.3) is 0 Å². The van der Waals surface area contributed by atoms with Crippen molar-refractivity contribution in [1.82, 2.24) is 0 Å². The van der Waals surface area contributed by atoms with E-state index in [0.29, 0.717) is 0 Å². The molecule has 1 saturated heterocycles. The van der Waals surface area contributed by atoms with E-state index in [1.54, 1.807) is 0 Å². The Bertz CT molecular complexity index is 104. The van der Waals surface area contributed by atoms with Gasteiger partial charge in [-0.15, -0.1) is 23.2 Å². The molecule has 0 saturated carbocycles. The number of alkyl halides is 2. The van der Waals surface area contributed by atoms with Crippen LogP contribution >= 0.6 is 33.3 Å². The third-order valence-corrected chi connectivity index (χ3v) is 8.20. The molecule has 1 heterocycles. The van der Waals surface area contributed by atoms with Gasteiger partial charge in [0, 0.05) is 0 Å². The van der Waals surface area contributed by atoms with Crippen LogP contribution in [-0.4, -0.2) is 16.4 Å². The van der Waals surface area contributed by atoms with E-state index in [-0.39, 0.29) is 0 Å². The van der Waals surface area contributed by atoms with Gasteiger partial charge in [-0.1, -0.05) is 18.1 Å². The van der Waals surface area contributed by atoms with Gasteiger partial charge in [-0.2, -0.15) is 0 Å². The molecule has 0 atom stereocenters. The van der Waals surface area contributed by atoms with Crippen molar-refractivity contribution < 1.29 is 0 Å². The zero-order valence-electron chi connectivity index (χ0n) is 5.04. The van der Waals surface area contributed by atoms with Gasteiger partial charge in [0.1, 0.15) is 0 Å². The van der Waals surface area contributed by atoms with E-state index < -0.39 is 16.4 Å². The molecule has 0 aliphatic carbocycles. The van der Waals surface area contributed by atoms with Gasteiger partial charge in [-0.25, -0.2) is 0 Å². The average molecular weight is 201 g/mol. The third-order valence-electron chi connectivity index (χ3n) is 1.68. The summed E-state index contributed by atoms with van der Waals surface area (Å²) >= 11 is 10.5. The molecule has 52 valence electrons. The van der Waals surface area contributed by atoms with Crippen molar-refractivity contribution in [1.29, 1.82) is 0 Å². The summed E-state index contributed by atoms with van der Waals surface area (Å²) < 4.78 is -0.514. The number of halogens is 3. The number of hydrogen-bond acceptors (Lipinski definition) is 0. The summed E-state index contributed by atoms with van der Waals surface area (Å²) in [6, 6.07) is 0. The molecule has 0 amide bonds. The second-order valence-corrected chi connectivity index (χ2v) is 8.83. The number of hydrogen-bond donors (Lipinski definition) is 0. The van der Waals surface area contributed by atoms with Crippen LogP contribution in [0.5, 0.6) is 0 Å². The summed E-state index contributed by atoms with van der Waals surface area (Å²) in [4.78, 5) is 0. The standard InChI is InChI=1S/C5H8Cl2.Al.ClH/c1-2-3-4-5(6)7;;/h1-4H2;;1H/q;+1;/p-1. The first-order valence-corrected chi connectivity index (χ1v) is 7.04. The molecular formula is C5H8AlCl3. The fourth-order valence-electron chi connectivity index (χ4n) is 1.05. The van der Waals surface area contributed by atoms with Crippen molar-refractivity contribution in [3.05, 3.63) is 0 Å².